The molecule has 0 amide bonds. The minimum absolute atomic E-state index is 0.143. The second-order valence-electron chi connectivity index (χ2n) is 6.43. The zero-order chi connectivity index (χ0) is 17.3. The van der Waals surface area contributed by atoms with Crippen molar-refractivity contribution < 1.29 is 24.9 Å². The highest BCUT2D eigenvalue weighted by molar-refractivity contribution is 5.67. The Hall–Kier alpha value is -1.10. The van der Waals surface area contributed by atoms with Gasteiger partial charge in [0.2, 0.25) is 0 Å². The van der Waals surface area contributed by atoms with E-state index in [1.165, 1.54) is 38.5 Å². The van der Waals surface area contributed by atoms with Crippen molar-refractivity contribution in [2.75, 3.05) is 0 Å². The van der Waals surface area contributed by atoms with E-state index < -0.39 is 18.0 Å². The summed E-state index contributed by atoms with van der Waals surface area (Å²) in [5.74, 6) is -1.62. The lowest BCUT2D eigenvalue weighted by molar-refractivity contribution is -0.139. The fraction of sp³-hybridized carbons (Fsp3) is 0.889. The molecule has 0 spiro atoms. The first-order valence-corrected chi connectivity index (χ1v) is 9.14. The average Bonchev–Trinajstić information content (AvgIpc) is 2.46. The van der Waals surface area contributed by atoms with Crippen molar-refractivity contribution in [3.63, 3.8) is 0 Å². The van der Waals surface area contributed by atoms with E-state index in [0.717, 1.165) is 38.5 Å². The Kier molecular flexibility index (Phi) is 15.0. The first-order valence-electron chi connectivity index (χ1n) is 9.14. The Morgan fingerprint density at radius 2 is 1.00 bits per heavy atom. The number of carboxylic acids is 2. The third-order valence-corrected chi connectivity index (χ3v) is 4.09. The fourth-order valence-electron chi connectivity index (χ4n) is 2.73. The molecule has 0 bridgehead atoms. The summed E-state index contributed by atoms with van der Waals surface area (Å²) in [4.78, 5) is 20.7. The molecule has 23 heavy (non-hydrogen) atoms. The van der Waals surface area contributed by atoms with Crippen molar-refractivity contribution in [3.05, 3.63) is 0 Å². The van der Waals surface area contributed by atoms with Crippen LogP contribution in [-0.4, -0.2) is 33.4 Å². The van der Waals surface area contributed by atoms with Crippen LogP contribution in [0.2, 0.25) is 0 Å². The zero-order valence-corrected chi connectivity index (χ0v) is 14.3. The number of hydrogen-bond donors (Lipinski definition) is 3. The smallest absolute Gasteiger partial charge is 0.305 e. The Balaban J connectivity index is 3.10. The van der Waals surface area contributed by atoms with Crippen LogP contribution in [0, 0.1) is 0 Å². The van der Waals surface area contributed by atoms with Crippen molar-refractivity contribution in [1.29, 1.82) is 0 Å². The number of rotatable bonds is 17. The normalized spacial score (nSPS) is 12.2. The molecule has 0 radical (unpaired) electrons. The van der Waals surface area contributed by atoms with Gasteiger partial charge in [-0.15, -0.1) is 0 Å². The van der Waals surface area contributed by atoms with E-state index in [1.807, 2.05) is 0 Å². The van der Waals surface area contributed by atoms with Gasteiger partial charge in [0.05, 0.1) is 12.5 Å². The molecule has 0 aliphatic rings. The van der Waals surface area contributed by atoms with Crippen LogP contribution < -0.4 is 0 Å². The maximum absolute atomic E-state index is 10.4. The van der Waals surface area contributed by atoms with Crippen molar-refractivity contribution in [3.8, 4) is 0 Å². The molecule has 0 aliphatic carbocycles. The highest BCUT2D eigenvalue weighted by Gasteiger charge is 2.08. The molecule has 3 N–H and O–H groups in total. The molecule has 0 aliphatic heterocycles. The number of unbranched alkanes of at least 4 members (excludes halogenated alkanes) is 11. The second-order valence-corrected chi connectivity index (χ2v) is 6.43. The summed E-state index contributed by atoms with van der Waals surface area (Å²) in [6.45, 7) is 0. The van der Waals surface area contributed by atoms with Crippen LogP contribution in [0.15, 0.2) is 0 Å². The summed E-state index contributed by atoms with van der Waals surface area (Å²) in [5.41, 5.74) is 0. The first-order chi connectivity index (χ1) is 11.0. The maximum Gasteiger partial charge on any atom is 0.305 e. The monoisotopic (exact) mass is 330 g/mol. The van der Waals surface area contributed by atoms with E-state index in [1.54, 1.807) is 0 Å². The van der Waals surface area contributed by atoms with E-state index in [4.69, 9.17) is 10.2 Å². The zero-order valence-electron chi connectivity index (χ0n) is 14.3. The summed E-state index contributed by atoms with van der Waals surface area (Å²) in [5, 5.41) is 26.5. The summed E-state index contributed by atoms with van der Waals surface area (Å²) in [6.07, 6.45) is 13.6. The molecule has 5 nitrogen and oxygen atoms in total. The first kappa shape index (κ1) is 21.9. The van der Waals surface area contributed by atoms with Crippen molar-refractivity contribution in [1.82, 2.24) is 0 Å². The lowest BCUT2D eigenvalue weighted by atomic mass is 10.0. The van der Waals surface area contributed by atoms with E-state index in [0.29, 0.717) is 12.8 Å². The van der Waals surface area contributed by atoms with Crippen LogP contribution in [0.1, 0.15) is 96.3 Å². The number of aliphatic carboxylic acids is 2. The summed E-state index contributed by atoms with van der Waals surface area (Å²) in [6, 6.07) is 0. The largest absolute Gasteiger partial charge is 0.481 e. The molecule has 0 aromatic rings. The van der Waals surface area contributed by atoms with Crippen LogP contribution in [-0.2, 0) is 9.59 Å². The molecule has 0 aromatic heterocycles. The van der Waals surface area contributed by atoms with Crippen molar-refractivity contribution >= 4 is 11.9 Å². The number of carbonyl (C=O) groups is 2. The highest BCUT2D eigenvalue weighted by atomic mass is 16.4. The van der Waals surface area contributed by atoms with Crippen LogP contribution in [0.5, 0.6) is 0 Å². The van der Waals surface area contributed by atoms with Gasteiger partial charge in [0.1, 0.15) is 0 Å². The molecule has 0 rings (SSSR count). The molecule has 0 fully saturated rings. The van der Waals surface area contributed by atoms with Gasteiger partial charge in [-0.2, -0.15) is 0 Å². The third-order valence-electron chi connectivity index (χ3n) is 4.09. The molecule has 136 valence electrons. The van der Waals surface area contributed by atoms with Crippen molar-refractivity contribution in [2.45, 2.75) is 102 Å². The summed E-state index contributed by atoms with van der Waals surface area (Å²) < 4.78 is 0. The molecule has 1 atom stereocenters. The van der Waals surface area contributed by atoms with Crippen LogP contribution in [0.25, 0.3) is 0 Å². The van der Waals surface area contributed by atoms with Gasteiger partial charge in [0.15, 0.2) is 0 Å². The van der Waals surface area contributed by atoms with Gasteiger partial charge in [-0.3, -0.25) is 9.59 Å². The Morgan fingerprint density at radius 3 is 1.39 bits per heavy atom. The summed E-state index contributed by atoms with van der Waals surface area (Å²) in [7, 11) is 0. The molecule has 5 heteroatoms. The fourth-order valence-corrected chi connectivity index (χ4v) is 2.73. The van der Waals surface area contributed by atoms with Gasteiger partial charge in [-0.25, -0.2) is 0 Å². The Morgan fingerprint density at radius 1 is 0.609 bits per heavy atom. The molecule has 0 aromatic carbocycles. The Labute approximate surface area is 140 Å². The van der Waals surface area contributed by atoms with Crippen LogP contribution >= 0.6 is 0 Å². The van der Waals surface area contributed by atoms with Gasteiger partial charge in [-0.05, 0) is 12.8 Å². The number of aliphatic hydroxyl groups is 1. The lowest BCUT2D eigenvalue weighted by Gasteiger charge is -2.07. The molecule has 0 saturated carbocycles. The van der Waals surface area contributed by atoms with E-state index >= 15 is 0 Å². The van der Waals surface area contributed by atoms with Crippen LogP contribution in [0.3, 0.4) is 0 Å². The van der Waals surface area contributed by atoms with E-state index in [-0.39, 0.29) is 6.42 Å². The molecule has 0 heterocycles. The molecular formula is C18H34O5. The highest BCUT2D eigenvalue weighted by Crippen LogP contribution is 2.13. The van der Waals surface area contributed by atoms with Gasteiger partial charge in [0.25, 0.3) is 0 Å². The molecular weight excluding hydrogens is 296 g/mol. The third kappa shape index (κ3) is 18.9. The van der Waals surface area contributed by atoms with E-state index in [2.05, 4.69) is 0 Å². The number of hydrogen-bond acceptors (Lipinski definition) is 3. The predicted molar refractivity (Wildman–Crippen MR) is 90.5 cm³/mol. The van der Waals surface area contributed by atoms with Crippen molar-refractivity contribution in [2.24, 2.45) is 0 Å². The minimum atomic E-state index is -0.931. The van der Waals surface area contributed by atoms with Gasteiger partial charge in [0, 0.05) is 6.42 Å². The summed E-state index contributed by atoms with van der Waals surface area (Å²) >= 11 is 0. The van der Waals surface area contributed by atoms with E-state index in [9.17, 15) is 14.7 Å². The second kappa shape index (κ2) is 15.8. The van der Waals surface area contributed by atoms with Gasteiger partial charge in [-0.1, -0.05) is 70.6 Å². The van der Waals surface area contributed by atoms with Gasteiger partial charge >= 0.3 is 11.9 Å². The Bertz CT molecular complexity index is 304. The maximum atomic E-state index is 10.4. The average molecular weight is 330 g/mol. The quantitative estimate of drug-likeness (QED) is 0.344. The molecule has 1 unspecified atom stereocenters. The number of carboxylic acid groups (broad SMARTS) is 2. The predicted octanol–water partition coefficient (Wildman–Crippen LogP) is 4.37. The minimum Gasteiger partial charge on any atom is -0.481 e. The van der Waals surface area contributed by atoms with Crippen LogP contribution in [0.4, 0.5) is 0 Å². The standard InChI is InChI=1S/C18H34O5/c19-16(15-18(22)23)13-11-9-7-5-3-1-2-4-6-8-10-12-14-17(20)21/h16,19H,1-15H2,(H,20,21)(H,22,23). The SMILES string of the molecule is O=C(O)CCCCCCCCCCCCCCC(O)CC(=O)O. The lowest BCUT2D eigenvalue weighted by Crippen LogP contribution is -2.12. The topological polar surface area (TPSA) is 94.8 Å². The molecule has 0 saturated heterocycles. The van der Waals surface area contributed by atoms with Gasteiger partial charge < -0.3 is 15.3 Å². The number of aliphatic hydroxyl groups excluding tert-OH is 1.